The molecule has 0 radical (unpaired) electrons. The second-order valence-electron chi connectivity index (χ2n) is 4.49. The molecule has 7 heteroatoms. The van der Waals surface area contributed by atoms with Gasteiger partial charge in [-0.1, -0.05) is 11.6 Å². The number of halogens is 2. The summed E-state index contributed by atoms with van der Waals surface area (Å²) in [7, 11) is 0. The van der Waals surface area contributed by atoms with Gasteiger partial charge in [0, 0.05) is 36.8 Å². The number of nitrogens with zero attached hydrogens (tertiary/aromatic N) is 4. The molecule has 0 spiro atoms. The van der Waals surface area contributed by atoms with Crippen molar-refractivity contribution < 1.29 is 4.74 Å². The highest BCUT2D eigenvalue weighted by molar-refractivity contribution is 9.10. The van der Waals surface area contributed by atoms with Crippen molar-refractivity contribution in [2.24, 2.45) is 0 Å². The first-order valence-electron chi connectivity index (χ1n) is 6.20. The summed E-state index contributed by atoms with van der Waals surface area (Å²) in [5.74, 6) is 0. The number of aromatic nitrogens is 3. The maximum Gasteiger partial charge on any atom is 0.146 e. The fourth-order valence-electron chi connectivity index (χ4n) is 2.29. The molecule has 1 saturated heterocycles. The zero-order valence-corrected chi connectivity index (χ0v) is 12.7. The van der Waals surface area contributed by atoms with E-state index in [9.17, 15) is 0 Å². The summed E-state index contributed by atoms with van der Waals surface area (Å²) >= 11 is 9.62. The SMILES string of the molecule is Clc1ncnc2c1c(Br)cn2CCN1CCOCC1. The second kappa shape index (κ2) is 5.75. The van der Waals surface area contributed by atoms with Crippen LogP contribution in [0, 0.1) is 0 Å². The van der Waals surface area contributed by atoms with Crippen LogP contribution in [0.4, 0.5) is 0 Å². The zero-order valence-electron chi connectivity index (χ0n) is 10.4. The molecule has 0 aromatic carbocycles. The first-order chi connectivity index (χ1) is 9.25. The molecule has 2 aromatic rings. The van der Waals surface area contributed by atoms with Gasteiger partial charge in [-0.05, 0) is 15.9 Å². The number of rotatable bonds is 3. The first kappa shape index (κ1) is 13.3. The molecule has 1 aliphatic heterocycles. The van der Waals surface area contributed by atoms with E-state index in [2.05, 4.69) is 35.4 Å². The van der Waals surface area contributed by atoms with Crippen molar-refractivity contribution in [1.82, 2.24) is 19.4 Å². The molecule has 2 aromatic heterocycles. The third kappa shape index (κ3) is 2.76. The van der Waals surface area contributed by atoms with Crippen LogP contribution in [0.3, 0.4) is 0 Å². The lowest BCUT2D eigenvalue weighted by atomic mass is 10.4. The number of fused-ring (bicyclic) bond motifs is 1. The summed E-state index contributed by atoms with van der Waals surface area (Å²) in [5, 5.41) is 1.37. The lowest BCUT2D eigenvalue weighted by Crippen LogP contribution is -2.38. The van der Waals surface area contributed by atoms with Crippen LogP contribution in [0.1, 0.15) is 0 Å². The van der Waals surface area contributed by atoms with E-state index in [1.165, 1.54) is 6.33 Å². The van der Waals surface area contributed by atoms with Crippen LogP contribution in [-0.2, 0) is 11.3 Å². The molecule has 0 saturated carbocycles. The molecule has 1 aliphatic rings. The topological polar surface area (TPSA) is 43.2 Å². The largest absolute Gasteiger partial charge is 0.379 e. The number of morpholine rings is 1. The van der Waals surface area contributed by atoms with Gasteiger partial charge < -0.3 is 9.30 Å². The summed E-state index contributed by atoms with van der Waals surface area (Å²) < 4.78 is 8.40. The van der Waals surface area contributed by atoms with Gasteiger partial charge in [0.15, 0.2) is 0 Å². The summed E-state index contributed by atoms with van der Waals surface area (Å²) in [5.41, 5.74) is 0.875. The minimum atomic E-state index is 0.488. The number of hydrogen-bond acceptors (Lipinski definition) is 4. The van der Waals surface area contributed by atoms with E-state index in [0.29, 0.717) is 5.15 Å². The van der Waals surface area contributed by atoms with E-state index in [-0.39, 0.29) is 0 Å². The molecular formula is C12H14BrClN4O. The molecule has 0 unspecified atom stereocenters. The van der Waals surface area contributed by atoms with Crippen molar-refractivity contribution in [2.75, 3.05) is 32.8 Å². The highest BCUT2D eigenvalue weighted by Gasteiger charge is 2.14. The molecule has 102 valence electrons. The summed E-state index contributed by atoms with van der Waals surface area (Å²) in [6.07, 6.45) is 3.52. The fraction of sp³-hybridized carbons (Fsp3) is 0.500. The van der Waals surface area contributed by atoms with Crippen molar-refractivity contribution >= 4 is 38.6 Å². The van der Waals surface area contributed by atoms with Crippen LogP contribution in [0.5, 0.6) is 0 Å². The van der Waals surface area contributed by atoms with E-state index < -0.39 is 0 Å². The first-order valence-corrected chi connectivity index (χ1v) is 7.38. The predicted octanol–water partition coefficient (Wildman–Crippen LogP) is 2.18. The molecule has 0 atom stereocenters. The van der Waals surface area contributed by atoms with E-state index in [0.717, 1.165) is 54.9 Å². The van der Waals surface area contributed by atoms with Crippen molar-refractivity contribution in [1.29, 1.82) is 0 Å². The normalized spacial score (nSPS) is 17.2. The van der Waals surface area contributed by atoms with E-state index in [1.54, 1.807) is 0 Å². The summed E-state index contributed by atoms with van der Waals surface area (Å²) in [6.45, 7) is 5.51. The monoisotopic (exact) mass is 344 g/mol. The van der Waals surface area contributed by atoms with E-state index in [1.807, 2.05) is 6.20 Å². The minimum absolute atomic E-state index is 0.488. The van der Waals surface area contributed by atoms with Gasteiger partial charge in [-0.3, -0.25) is 4.90 Å². The average molecular weight is 346 g/mol. The van der Waals surface area contributed by atoms with Crippen LogP contribution in [0.2, 0.25) is 5.15 Å². The van der Waals surface area contributed by atoms with Gasteiger partial charge in [-0.2, -0.15) is 0 Å². The highest BCUT2D eigenvalue weighted by atomic mass is 79.9. The average Bonchev–Trinajstić information content (AvgIpc) is 2.76. The Labute approximate surface area is 124 Å². The fourth-order valence-corrected chi connectivity index (χ4v) is 3.24. The molecule has 0 amide bonds. The van der Waals surface area contributed by atoms with Gasteiger partial charge in [0.05, 0.1) is 18.6 Å². The minimum Gasteiger partial charge on any atom is -0.379 e. The summed E-state index contributed by atoms with van der Waals surface area (Å²) in [4.78, 5) is 10.7. The van der Waals surface area contributed by atoms with Crippen LogP contribution in [-0.4, -0.2) is 52.3 Å². The molecule has 3 rings (SSSR count). The van der Waals surface area contributed by atoms with Gasteiger partial charge in [0.2, 0.25) is 0 Å². The Balaban J connectivity index is 1.79. The van der Waals surface area contributed by atoms with Crippen LogP contribution in [0.25, 0.3) is 11.0 Å². The Hall–Kier alpha value is -0.690. The number of ether oxygens (including phenoxy) is 1. The second-order valence-corrected chi connectivity index (χ2v) is 5.70. The van der Waals surface area contributed by atoms with E-state index in [4.69, 9.17) is 16.3 Å². The van der Waals surface area contributed by atoms with Crippen molar-refractivity contribution in [3.8, 4) is 0 Å². The molecule has 1 fully saturated rings. The molecule has 5 nitrogen and oxygen atoms in total. The standard InChI is InChI=1S/C12H14BrClN4O/c13-9-7-18(2-1-17-3-5-19-6-4-17)12-10(9)11(14)15-8-16-12/h7-8H,1-6H2. The van der Waals surface area contributed by atoms with Gasteiger partial charge in [-0.25, -0.2) is 9.97 Å². The van der Waals surface area contributed by atoms with Crippen LogP contribution >= 0.6 is 27.5 Å². The molecule has 0 N–H and O–H groups in total. The quantitative estimate of drug-likeness (QED) is 0.800. The maximum atomic E-state index is 6.10. The van der Waals surface area contributed by atoms with Gasteiger partial charge >= 0.3 is 0 Å². The van der Waals surface area contributed by atoms with Gasteiger partial charge in [0.25, 0.3) is 0 Å². The molecule has 19 heavy (non-hydrogen) atoms. The maximum absolute atomic E-state index is 6.10. The van der Waals surface area contributed by atoms with Gasteiger partial charge in [0.1, 0.15) is 17.1 Å². The molecule has 0 bridgehead atoms. The van der Waals surface area contributed by atoms with E-state index >= 15 is 0 Å². The Morgan fingerprint density at radius 2 is 2.05 bits per heavy atom. The van der Waals surface area contributed by atoms with Crippen molar-refractivity contribution in [2.45, 2.75) is 6.54 Å². The van der Waals surface area contributed by atoms with Gasteiger partial charge in [-0.15, -0.1) is 0 Å². The Bertz CT molecular complexity index is 582. The lowest BCUT2D eigenvalue weighted by Gasteiger charge is -2.26. The van der Waals surface area contributed by atoms with Crippen LogP contribution in [0.15, 0.2) is 17.0 Å². The van der Waals surface area contributed by atoms with Crippen molar-refractivity contribution in [3.63, 3.8) is 0 Å². The molecule has 3 heterocycles. The third-order valence-corrected chi connectivity index (χ3v) is 4.21. The van der Waals surface area contributed by atoms with Crippen LogP contribution < -0.4 is 0 Å². The Kier molecular flexibility index (Phi) is 4.02. The molecular weight excluding hydrogens is 332 g/mol. The Morgan fingerprint density at radius 3 is 2.84 bits per heavy atom. The smallest absolute Gasteiger partial charge is 0.146 e. The molecule has 0 aliphatic carbocycles. The zero-order chi connectivity index (χ0) is 13.2. The summed E-state index contributed by atoms with van der Waals surface area (Å²) in [6, 6.07) is 0. The number of hydrogen-bond donors (Lipinski definition) is 0. The third-order valence-electron chi connectivity index (χ3n) is 3.32. The highest BCUT2D eigenvalue weighted by Crippen LogP contribution is 2.29. The predicted molar refractivity (Wildman–Crippen MR) is 77.5 cm³/mol. The Morgan fingerprint density at radius 1 is 1.26 bits per heavy atom. The van der Waals surface area contributed by atoms with Crippen molar-refractivity contribution in [3.05, 3.63) is 22.1 Å². The lowest BCUT2D eigenvalue weighted by molar-refractivity contribution is 0.0365.